The van der Waals surface area contributed by atoms with Crippen LogP contribution in [0.4, 0.5) is 5.82 Å². The zero-order valence-corrected chi connectivity index (χ0v) is 13.4. The highest BCUT2D eigenvalue weighted by atomic mass is 79.9. The summed E-state index contributed by atoms with van der Waals surface area (Å²) in [6.07, 6.45) is 1.56. The number of hydrogen-bond donors (Lipinski definition) is 1. The van der Waals surface area contributed by atoms with Crippen molar-refractivity contribution in [1.82, 2.24) is 9.88 Å². The quantitative estimate of drug-likeness (QED) is 0.921. The molecule has 0 aliphatic carbocycles. The third kappa shape index (κ3) is 3.52. The van der Waals surface area contributed by atoms with Crippen molar-refractivity contribution in [2.24, 2.45) is 0 Å². The molecule has 2 rings (SSSR count). The molecule has 0 spiro atoms. The van der Waals surface area contributed by atoms with Crippen molar-refractivity contribution in [2.75, 3.05) is 19.9 Å². The zero-order valence-electron chi connectivity index (χ0n) is 11.8. The second-order valence-electron chi connectivity index (χ2n) is 4.56. The third-order valence-electron chi connectivity index (χ3n) is 3.06. The maximum atomic E-state index is 12.5. The molecule has 1 aromatic carbocycles. The van der Waals surface area contributed by atoms with Crippen LogP contribution in [-0.4, -0.2) is 29.9 Å². The number of carbonyl (C=O) groups is 1. The number of benzene rings is 1. The van der Waals surface area contributed by atoms with E-state index >= 15 is 0 Å². The minimum atomic E-state index is -0.188. The molecule has 0 fully saturated rings. The van der Waals surface area contributed by atoms with Gasteiger partial charge in [-0.15, -0.1) is 0 Å². The van der Waals surface area contributed by atoms with E-state index < -0.39 is 0 Å². The number of halogens is 1. The number of anilines is 1. The van der Waals surface area contributed by atoms with Crippen LogP contribution in [0.3, 0.4) is 0 Å². The van der Waals surface area contributed by atoms with Crippen LogP contribution < -0.4 is 10.5 Å². The van der Waals surface area contributed by atoms with E-state index in [0.717, 1.165) is 11.3 Å². The first kappa shape index (κ1) is 15.3. The molecule has 0 bridgehead atoms. The summed E-state index contributed by atoms with van der Waals surface area (Å²) in [5, 5.41) is 0. The average Bonchev–Trinajstić information content (AvgIpc) is 2.49. The standard InChI is InChI=1S/C15H16BrN3O2/c1-19(9-10-5-3-4-6-13(10)21-2)15(20)12-7-11(16)8-18-14(12)17/h3-8H,9H2,1-2H3,(H2,17,18). The number of ether oxygens (including phenoxy) is 1. The fourth-order valence-electron chi connectivity index (χ4n) is 1.99. The Labute approximate surface area is 131 Å². The molecule has 0 unspecified atom stereocenters. The molecule has 6 heteroatoms. The number of hydrogen-bond acceptors (Lipinski definition) is 4. The number of carbonyl (C=O) groups excluding carboxylic acids is 1. The molecule has 2 aromatic rings. The number of nitrogens with two attached hydrogens (primary N) is 1. The first-order valence-electron chi connectivity index (χ1n) is 6.31. The highest BCUT2D eigenvalue weighted by Crippen LogP contribution is 2.21. The molecule has 2 N–H and O–H groups in total. The van der Waals surface area contributed by atoms with Gasteiger partial charge in [0, 0.05) is 29.8 Å². The van der Waals surface area contributed by atoms with Crippen molar-refractivity contribution >= 4 is 27.7 Å². The Morgan fingerprint density at radius 1 is 1.43 bits per heavy atom. The smallest absolute Gasteiger partial charge is 0.257 e. The van der Waals surface area contributed by atoms with Crippen LogP contribution in [0.25, 0.3) is 0 Å². The fourth-order valence-corrected chi connectivity index (χ4v) is 2.32. The first-order chi connectivity index (χ1) is 10.0. The van der Waals surface area contributed by atoms with Gasteiger partial charge in [-0.3, -0.25) is 4.79 Å². The summed E-state index contributed by atoms with van der Waals surface area (Å²) in [5.41, 5.74) is 7.08. The highest BCUT2D eigenvalue weighted by Gasteiger charge is 2.17. The van der Waals surface area contributed by atoms with Crippen LogP contribution in [0.5, 0.6) is 5.75 Å². The van der Waals surface area contributed by atoms with E-state index in [1.807, 2.05) is 24.3 Å². The van der Waals surface area contributed by atoms with E-state index in [2.05, 4.69) is 20.9 Å². The minimum absolute atomic E-state index is 0.188. The highest BCUT2D eigenvalue weighted by molar-refractivity contribution is 9.10. The number of pyridine rings is 1. The second kappa shape index (κ2) is 6.58. The Bertz CT molecular complexity index is 661. The van der Waals surface area contributed by atoms with Gasteiger partial charge in [0.05, 0.1) is 12.7 Å². The third-order valence-corrected chi connectivity index (χ3v) is 3.50. The number of para-hydroxylation sites is 1. The van der Waals surface area contributed by atoms with Crippen molar-refractivity contribution in [3.8, 4) is 5.75 Å². The van der Waals surface area contributed by atoms with Crippen LogP contribution >= 0.6 is 15.9 Å². The Balaban J connectivity index is 2.22. The summed E-state index contributed by atoms with van der Waals surface area (Å²) in [7, 11) is 3.33. The summed E-state index contributed by atoms with van der Waals surface area (Å²) in [4.78, 5) is 18.0. The van der Waals surface area contributed by atoms with Crippen molar-refractivity contribution in [3.63, 3.8) is 0 Å². The lowest BCUT2D eigenvalue weighted by molar-refractivity contribution is 0.0785. The molecular weight excluding hydrogens is 334 g/mol. The van der Waals surface area contributed by atoms with Gasteiger partial charge in [-0.05, 0) is 28.1 Å². The van der Waals surface area contributed by atoms with Crippen molar-refractivity contribution in [1.29, 1.82) is 0 Å². The zero-order chi connectivity index (χ0) is 15.4. The molecule has 0 aliphatic heterocycles. The summed E-state index contributed by atoms with van der Waals surface area (Å²) >= 11 is 3.29. The number of aromatic nitrogens is 1. The van der Waals surface area contributed by atoms with Gasteiger partial charge < -0.3 is 15.4 Å². The molecule has 0 saturated heterocycles. The molecule has 0 atom stereocenters. The van der Waals surface area contributed by atoms with E-state index in [0.29, 0.717) is 16.6 Å². The lowest BCUT2D eigenvalue weighted by atomic mass is 10.1. The van der Waals surface area contributed by atoms with Crippen molar-refractivity contribution in [3.05, 3.63) is 52.1 Å². The van der Waals surface area contributed by atoms with Gasteiger partial charge in [0.2, 0.25) is 0 Å². The number of methoxy groups -OCH3 is 1. The summed E-state index contributed by atoms with van der Waals surface area (Å²) in [5.74, 6) is 0.778. The van der Waals surface area contributed by atoms with Gasteiger partial charge in [0.15, 0.2) is 0 Å². The molecule has 1 amide bonds. The Kier molecular flexibility index (Phi) is 4.80. The van der Waals surface area contributed by atoms with Gasteiger partial charge in [-0.25, -0.2) is 4.98 Å². The number of amides is 1. The Hall–Kier alpha value is -2.08. The van der Waals surface area contributed by atoms with Crippen LogP contribution in [0.15, 0.2) is 41.0 Å². The molecule has 110 valence electrons. The van der Waals surface area contributed by atoms with Crippen molar-refractivity contribution < 1.29 is 9.53 Å². The molecular formula is C15H16BrN3O2. The van der Waals surface area contributed by atoms with E-state index in [1.54, 1.807) is 31.3 Å². The van der Waals surface area contributed by atoms with Crippen molar-refractivity contribution in [2.45, 2.75) is 6.54 Å². The molecule has 1 heterocycles. The van der Waals surface area contributed by atoms with E-state index in [9.17, 15) is 4.79 Å². The maximum Gasteiger partial charge on any atom is 0.257 e. The van der Waals surface area contributed by atoms with Crippen LogP contribution in [0.1, 0.15) is 15.9 Å². The molecule has 0 aliphatic rings. The van der Waals surface area contributed by atoms with E-state index in [-0.39, 0.29) is 11.7 Å². The second-order valence-corrected chi connectivity index (χ2v) is 5.48. The SMILES string of the molecule is COc1ccccc1CN(C)C(=O)c1cc(Br)cnc1N. The Morgan fingerprint density at radius 2 is 2.14 bits per heavy atom. The predicted molar refractivity (Wildman–Crippen MR) is 85.1 cm³/mol. The lowest BCUT2D eigenvalue weighted by Crippen LogP contribution is -2.27. The maximum absolute atomic E-state index is 12.5. The lowest BCUT2D eigenvalue weighted by Gasteiger charge is -2.19. The van der Waals surface area contributed by atoms with Crippen LogP contribution in [0, 0.1) is 0 Å². The average molecular weight is 350 g/mol. The number of nitrogen functional groups attached to an aromatic ring is 1. The summed E-state index contributed by atoms with van der Waals surface area (Å²) in [6, 6.07) is 9.25. The van der Waals surface area contributed by atoms with Crippen LogP contribution in [-0.2, 0) is 6.54 Å². The monoisotopic (exact) mass is 349 g/mol. The molecule has 1 aromatic heterocycles. The normalized spacial score (nSPS) is 10.2. The largest absolute Gasteiger partial charge is 0.496 e. The first-order valence-corrected chi connectivity index (χ1v) is 7.10. The molecule has 0 radical (unpaired) electrons. The van der Waals surface area contributed by atoms with Gasteiger partial charge >= 0.3 is 0 Å². The predicted octanol–water partition coefficient (Wildman–Crippen LogP) is 2.71. The van der Waals surface area contributed by atoms with Crippen LogP contribution in [0.2, 0.25) is 0 Å². The summed E-state index contributed by atoms with van der Waals surface area (Å²) < 4.78 is 6.01. The van der Waals surface area contributed by atoms with E-state index in [1.165, 1.54) is 0 Å². The number of rotatable bonds is 4. The summed E-state index contributed by atoms with van der Waals surface area (Å²) in [6.45, 7) is 0.425. The van der Waals surface area contributed by atoms with Gasteiger partial charge in [-0.1, -0.05) is 18.2 Å². The number of nitrogens with zero attached hydrogens (tertiary/aromatic N) is 2. The van der Waals surface area contributed by atoms with Gasteiger partial charge in [0.1, 0.15) is 11.6 Å². The molecule has 21 heavy (non-hydrogen) atoms. The van der Waals surface area contributed by atoms with Gasteiger partial charge in [-0.2, -0.15) is 0 Å². The molecule has 5 nitrogen and oxygen atoms in total. The Morgan fingerprint density at radius 3 is 2.86 bits per heavy atom. The fraction of sp³-hybridized carbons (Fsp3) is 0.200. The van der Waals surface area contributed by atoms with Gasteiger partial charge in [0.25, 0.3) is 5.91 Å². The molecule has 0 saturated carbocycles. The topological polar surface area (TPSA) is 68.5 Å². The minimum Gasteiger partial charge on any atom is -0.496 e. The van der Waals surface area contributed by atoms with E-state index in [4.69, 9.17) is 10.5 Å².